The third-order valence-corrected chi connectivity index (χ3v) is 3.03. The molecule has 0 aliphatic rings. The van der Waals surface area contributed by atoms with Crippen molar-refractivity contribution in [3.63, 3.8) is 0 Å². The van der Waals surface area contributed by atoms with Gasteiger partial charge in [-0.05, 0) is 13.0 Å². The molecule has 2 unspecified atom stereocenters. The molecule has 0 aromatic rings. The van der Waals surface area contributed by atoms with Crippen LogP contribution in [0.3, 0.4) is 0 Å². The summed E-state index contributed by atoms with van der Waals surface area (Å²) in [6, 6.07) is 0. The van der Waals surface area contributed by atoms with Crippen LogP contribution >= 0.6 is 0 Å². The molecule has 0 bridgehead atoms. The van der Waals surface area contributed by atoms with Crippen molar-refractivity contribution in [1.82, 2.24) is 0 Å². The molecular formula is C6H15NO2S. The third kappa shape index (κ3) is 3.98. The van der Waals surface area contributed by atoms with Crippen molar-refractivity contribution in [1.29, 1.82) is 0 Å². The zero-order valence-corrected chi connectivity index (χ0v) is 7.06. The van der Waals surface area contributed by atoms with Gasteiger partial charge >= 0.3 is 0 Å². The van der Waals surface area contributed by atoms with Crippen molar-refractivity contribution in [2.45, 2.75) is 18.6 Å². The second-order valence-corrected chi connectivity index (χ2v) is 4.17. The average Bonchev–Trinajstić information content (AvgIpc) is 1.89. The fraction of sp³-hybridized carbons (Fsp3) is 1.00. The first kappa shape index (κ1) is 10.1. The first-order valence-corrected chi connectivity index (χ1v) is 4.78. The van der Waals surface area contributed by atoms with Crippen molar-refractivity contribution >= 4 is 10.8 Å². The second kappa shape index (κ2) is 5.82. The van der Waals surface area contributed by atoms with E-state index in [1.807, 2.05) is 6.92 Å². The molecule has 0 saturated heterocycles. The molecule has 0 fully saturated rings. The Kier molecular flexibility index (Phi) is 5.87. The van der Waals surface area contributed by atoms with E-state index in [0.29, 0.717) is 12.3 Å². The van der Waals surface area contributed by atoms with Crippen LogP contribution in [-0.4, -0.2) is 33.5 Å². The lowest BCUT2D eigenvalue weighted by Gasteiger charge is -2.07. The predicted molar refractivity (Wildman–Crippen MR) is 43.2 cm³/mol. The van der Waals surface area contributed by atoms with Crippen molar-refractivity contribution in [3.05, 3.63) is 0 Å². The van der Waals surface area contributed by atoms with E-state index in [9.17, 15) is 4.21 Å². The van der Waals surface area contributed by atoms with Crippen LogP contribution < -0.4 is 5.73 Å². The first-order valence-electron chi connectivity index (χ1n) is 3.40. The van der Waals surface area contributed by atoms with Crippen molar-refractivity contribution in [2.24, 2.45) is 5.73 Å². The van der Waals surface area contributed by atoms with Gasteiger partial charge in [0.1, 0.15) is 0 Å². The van der Waals surface area contributed by atoms with Gasteiger partial charge in [-0.15, -0.1) is 0 Å². The van der Waals surface area contributed by atoms with Gasteiger partial charge in [-0.1, -0.05) is 6.92 Å². The first-order chi connectivity index (χ1) is 4.72. The Morgan fingerprint density at radius 1 is 1.70 bits per heavy atom. The van der Waals surface area contributed by atoms with E-state index in [2.05, 4.69) is 0 Å². The van der Waals surface area contributed by atoms with Crippen LogP contribution in [0.25, 0.3) is 0 Å². The zero-order chi connectivity index (χ0) is 7.98. The SMILES string of the molecule is CC(CCN)S(=O)CCO. The second-order valence-electron chi connectivity index (χ2n) is 2.20. The molecule has 0 aromatic heterocycles. The predicted octanol–water partition coefficient (Wildman–Crippen LogP) is -0.535. The van der Waals surface area contributed by atoms with Crippen LogP contribution in [-0.2, 0) is 10.8 Å². The van der Waals surface area contributed by atoms with Gasteiger partial charge in [0.15, 0.2) is 0 Å². The summed E-state index contributed by atoms with van der Waals surface area (Å²) in [6.45, 7) is 2.46. The van der Waals surface area contributed by atoms with Crippen LogP contribution in [0.2, 0.25) is 0 Å². The maximum Gasteiger partial charge on any atom is 0.0546 e. The number of hydrogen-bond acceptors (Lipinski definition) is 3. The lowest BCUT2D eigenvalue weighted by Crippen LogP contribution is -2.19. The Hall–Kier alpha value is 0.0700. The minimum absolute atomic E-state index is 0.00151. The number of hydrogen-bond donors (Lipinski definition) is 2. The number of aliphatic hydroxyl groups excluding tert-OH is 1. The summed E-state index contributed by atoms with van der Waals surface area (Å²) < 4.78 is 11.0. The van der Waals surface area contributed by atoms with Crippen LogP contribution in [0, 0.1) is 0 Å². The minimum atomic E-state index is -0.895. The van der Waals surface area contributed by atoms with E-state index in [4.69, 9.17) is 10.8 Å². The molecule has 0 aliphatic carbocycles. The van der Waals surface area contributed by atoms with Crippen molar-refractivity contribution in [3.8, 4) is 0 Å². The van der Waals surface area contributed by atoms with E-state index in [0.717, 1.165) is 6.42 Å². The lowest BCUT2D eigenvalue weighted by atomic mass is 10.3. The molecule has 4 heteroatoms. The summed E-state index contributed by atoms with van der Waals surface area (Å²) in [4.78, 5) is 0. The fourth-order valence-electron chi connectivity index (χ4n) is 0.657. The maximum absolute atomic E-state index is 11.0. The van der Waals surface area contributed by atoms with Crippen LogP contribution in [0.1, 0.15) is 13.3 Å². The molecule has 0 rings (SSSR count). The Morgan fingerprint density at radius 3 is 2.70 bits per heavy atom. The normalized spacial score (nSPS) is 16.7. The van der Waals surface area contributed by atoms with Gasteiger partial charge in [-0.3, -0.25) is 4.21 Å². The monoisotopic (exact) mass is 165 g/mol. The topological polar surface area (TPSA) is 63.3 Å². The molecule has 3 nitrogen and oxygen atoms in total. The van der Waals surface area contributed by atoms with E-state index in [-0.39, 0.29) is 11.9 Å². The molecule has 0 aliphatic heterocycles. The van der Waals surface area contributed by atoms with Crippen molar-refractivity contribution in [2.75, 3.05) is 18.9 Å². The average molecular weight is 165 g/mol. The van der Waals surface area contributed by atoms with Crippen LogP contribution in [0.15, 0.2) is 0 Å². The molecule has 0 amide bonds. The van der Waals surface area contributed by atoms with Gasteiger partial charge < -0.3 is 10.8 Å². The summed E-state index contributed by atoms with van der Waals surface area (Å²) in [5.74, 6) is 0.376. The molecule has 3 N–H and O–H groups in total. The maximum atomic E-state index is 11.0. The van der Waals surface area contributed by atoms with Gasteiger partial charge in [-0.25, -0.2) is 0 Å². The standard InChI is InChI=1S/C6H15NO2S/c1-6(2-3-7)10(9)5-4-8/h6,8H,2-5,7H2,1H3. The molecule has 10 heavy (non-hydrogen) atoms. The smallest absolute Gasteiger partial charge is 0.0546 e. The van der Waals surface area contributed by atoms with Gasteiger partial charge in [0, 0.05) is 21.8 Å². The van der Waals surface area contributed by atoms with Crippen LogP contribution in [0.4, 0.5) is 0 Å². The Morgan fingerprint density at radius 2 is 2.30 bits per heavy atom. The summed E-state index contributed by atoms with van der Waals surface area (Å²) in [7, 11) is -0.895. The number of aliphatic hydroxyl groups is 1. The van der Waals surface area contributed by atoms with E-state index < -0.39 is 10.8 Å². The molecule has 0 radical (unpaired) electrons. The molecule has 0 heterocycles. The molecule has 0 spiro atoms. The molecule has 62 valence electrons. The largest absolute Gasteiger partial charge is 0.395 e. The van der Waals surface area contributed by atoms with Gasteiger partial charge in [0.2, 0.25) is 0 Å². The Balaban J connectivity index is 3.49. The molecule has 0 saturated carbocycles. The highest BCUT2D eigenvalue weighted by Crippen LogP contribution is 1.99. The zero-order valence-electron chi connectivity index (χ0n) is 6.25. The third-order valence-electron chi connectivity index (χ3n) is 1.31. The van der Waals surface area contributed by atoms with Gasteiger partial charge in [-0.2, -0.15) is 0 Å². The highest BCUT2D eigenvalue weighted by Gasteiger charge is 2.07. The molecule has 2 atom stereocenters. The van der Waals surface area contributed by atoms with Crippen molar-refractivity contribution < 1.29 is 9.32 Å². The summed E-state index contributed by atoms with van der Waals surface area (Å²) in [5.41, 5.74) is 5.27. The Labute approximate surface area is 64.1 Å². The van der Waals surface area contributed by atoms with Gasteiger partial charge in [0.05, 0.1) is 6.61 Å². The quantitative estimate of drug-likeness (QED) is 0.575. The van der Waals surface area contributed by atoms with E-state index in [1.165, 1.54) is 0 Å². The summed E-state index contributed by atoms with van der Waals surface area (Å²) in [5, 5.41) is 8.55. The lowest BCUT2D eigenvalue weighted by molar-refractivity contribution is 0.321. The number of rotatable bonds is 5. The highest BCUT2D eigenvalue weighted by molar-refractivity contribution is 7.85. The van der Waals surface area contributed by atoms with Gasteiger partial charge in [0.25, 0.3) is 0 Å². The van der Waals surface area contributed by atoms with Crippen LogP contribution in [0.5, 0.6) is 0 Å². The Bertz CT molecular complexity index is 108. The van der Waals surface area contributed by atoms with E-state index >= 15 is 0 Å². The summed E-state index contributed by atoms with van der Waals surface area (Å²) in [6.07, 6.45) is 0.770. The number of nitrogens with two attached hydrogens (primary N) is 1. The minimum Gasteiger partial charge on any atom is -0.395 e. The fourth-order valence-corrected chi connectivity index (χ4v) is 1.64. The molecular weight excluding hydrogens is 150 g/mol. The van der Waals surface area contributed by atoms with E-state index in [1.54, 1.807) is 0 Å². The summed E-state index contributed by atoms with van der Waals surface area (Å²) >= 11 is 0. The highest BCUT2D eigenvalue weighted by atomic mass is 32.2. The molecule has 0 aromatic carbocycles.